The molecule has 0 saturated carbocycles. The predicted octanol–water partition coefficient (Wildman–Crippen LogP) is 4.15. The van der Waals surface area contributed by atoms with Gasteiger partial charge in [-0.05, 0) is 31.0 Å². The number of unbranched alkanes of at least 4 members (excludes halogenated alkanes) is 1. The number of nitrogens with one attached hydrogen (secondary N) is 1. The van der Waals surface area contributed by atoms with Crippen LogP contribution in [-0.4, -0.2) is 24.9 Å². The fourth-order valence-electron chi connectivity index (χ4n) is 2.28. The summed E-state index contributed by atoms with van der Waals surface area (Å²) in [5.41, 5.74) is 1.84. The van der Waals surface area contributed by atoms with E-state index in [9.17, 15) is 5.11 Å². The Balaban J connectivity index is 1.79. The van der Waals surface area contributed by atoms with E-state index >= 15 is 0 Å². The Bertz CT molecular complexity index is 803. The first-order chi connectivity index (χ1) is 11.7. The van der Waals surface area contributed by atoms with E-state index in [1.807, 2.05) is 12.1 Å². The summed E-state index contributed by atoms with van der Waals surface area (Å²) in [5.74, 6) is 0.268. The molecule has 2 aromatic heterocycles. The lowest BCUT2D eigenvalue weighted by molar-refractivity contribution is 0.469. The van der Waals surface area contributed by atoms with E-state index in [1.54, 1.807) is 28.4 Å². The molecular weight excluding hydrogens is 390 g/mol. The van der Waals surface area contributed by atoms with Crippen LogP contribution >= 0.6 is 27.3 Å². The van der Waals surface area contributed by atoms with Gasteiger partial charge in [0.2, 0.25) is 0 Å². The van der Waals surface area contributed by atoms with Gasteiger partial charge < -0.3 is 10.4 Å². The number of aromatic hydroxyl groups is 1. The summed E-state index contributed by atoms with van der Waals surface area (Å²) in [6.07, 6.45) is 6.31. The Labute approximate surface area is 152 Å². The normalized spacial score (nSPS) is 10.9. The molecule has 0 amide bonds. The van der Waals surface area contributed by atoms with Crippen LogP contribution in [0.3, 0.4) is 0 Å². The highest BCUT2D eigenvalue weighted by molar-refractivity contribution is 9.10. The molecule has 0 aliphatic carbocycles. The fourth-order valence-corrected chi connectivity index (χ4v) is 3.63. The number of phenols is 1. The third-order valence-corrected chi connectivity index (χ3v) is 5.08. The lowest BCUT2D eigenvalue weighted by Gasteiger charge is -2.06. The summed E-state index contributed by atoms with van der Waals surface area (Å²) < 4.78 is 2.69. The monoisotopic (exact) mass is 407 g/mol. The highest BCUT2D eigenvalue weighted by Crippen LogP contribution is 2.29. The zero-order valence-corrected chi connectivity index (χ0v) is 15.6. The van der Waals surface area contributed by atoms with Crippen LogP contribution < -0.4 is 5.32 Å². The highest BCUT2D eigenvalue weighted by Gasteiger charge is 2.14. The third kappa shape index (κ3) is 3.93. The summed E-state index contributed by atoms with van der Waals surface area (Å²) in [7, 11) is 0. The van der Waals surface area contributed by atoms with Gasteiger partial charge in [-0.2, -0.15) is 5.10 Å². The van der Waals surface area contributed by atoms with Crippen molar-refractivity contribution in [3.05, 3.63) is 46.6 Å². The van der Waals surface area contributed by atoms with Crippen LogP contribution in [0.4, 0.5) is 5.13 Å². The largest absolute Gasteiger partial charge is 0.508 e. The van der Waals surface area contributed by atoms with Gasteiger partial charge in [-0.3, -0.25) is 0 Å². The molecule has 3 rings (SSSR count). The van der Waals surface area contributed by atoms with Gasteiger partial charge in [0.1, 0.15) is 23.4 Å². The van der Waals surface area contributed by atoms with Gasteiger partial charge in [0.25, 0.3) is 0 Å². The lowest BCUT2D eigenvalue weighted by atomic mass is 10.2. The van der Waals surface area contributed by atoms with E-state index < -0.39 is 0 Å². The first-order valence-corrected chi connectivity index (χ1v) is 9.34. The molecule has 8 heteroatoms. The van der Waals surface area contributed by atoms with Crippen LogP contribution in [0.2, 0.25) is 0 Å². The van der Waals surface area contributed by atoms with Crippen molar-refractivity contribution in [3.8, 4) is 10.8 Å². The number of phenolic OH excluding ortho intramolecular Hbond substituents is 1. The van der Waals surface area contributed by atoms with Crippen molar-refractivity contribution < 1.29 is 5.11 Å². The molecule has 0 spiro atoms. The molecule has 0 saturated heterocycles. The van der Waals surface area contributed by atoms with Crippen molar-refractivity contribution in [2.45, 2.75) is 32.7 Å². The van der Waals surface area contributed by atoms with Crippen molar-refractivity contribution in [1.82, 2.24) is 19.7 Å². The maximum atomic E-state index is 9.94. The zero-order chi connectivity index (χ0) is 16.9. The van der Waals surface area contributed by atoms with E-state index in [0.717, 1.165) is 45.1 Å². The second-order valence-electron chi connectivity index (χ2n) is 5.34. The summed E-state index contributed by atoms with van der Waals surface area (Å²) in [4.78, 5) is 8.71. The van der Waals surface area contributed by atoms with Gasteiger partial charge in [0, 0.05) is 16.6 Å². The zero-order valence-electron chi connectivity index (χ0n) is 13.2. The number of hydrogen-bond acceptors (Lipinski definition) is 6. The molecule has 2 heterocycles. The molecule has 0 radical (unpaired) electrons. The second kappa shape index (κ2) is 7.76. The van der Waals surface area contributed by atoms with E-state index in [2.05, 4.69) is 38.3 Å². The number of nitrogens with zero attached hydrogens (tertiary/aromatic N) is 4. The molecular formula is C16H18BrN5OS. The van der Waals surface area contributed by atoms with Crippen LogP contribution in [0, 0.1) is 0 Å². The minimum atomic E-state index is 0.268. The Hall–Kier alpha value is -1.93. The number of rotatable bonds is 7. The topological polar surface area (TPSA) is 75.9 Å². The van der Waals surface area contributed by atoms with Crippen LogP contribution in [0.15, 0.2) is 35.3 Å². The van der Waals surface area contributed by atoms with Crippen molar-refractivity contribution in [2.75, 3.05) is 5.32 Å². The second-order valence-corrected chi connectivity index (χ2v) is 7.23. The first kappa shape index (κ1) is 16.9. The number of thiazole rings is 1. The molecule has 24 heavy (non-hydrogen) atoms. The van der Waals surface area contributed by atoms with Crippen molar-refractivity contribution in [3.63, 3.8) is 0 Å². The van der Waals surface area contributed by atoms with Gasteiger partial charge in [-0.15, -0.1) is 0 Å². The van der Waals surface area contributed by atoms with Crippen LogP contribution in [0.5, 0.6) is 5.75 Å². The molecule has 0 atom stereocenters. The Morgan fingerprint density at radius 1 is 1.38 bits per heavy atom. The van der Waals surface area contributed by atoms with E-state index in [0.29, 0.717) is 6.54 Å². The van der Waals surface area contributed by atoms with Crippen LogP contribution in [0.1, 0.15) is 31.0 Å². The summed E-state index contributed by atoms with van der Waals surface area (Å²) >= 11 is 4.96. The lowest BCUT2D eigenvalue weighted by Crippen LogP contribution is -2.00. The molecule has 2 N–H and O–H groups in total. The average molecular weight is 408 g/mol. The number of anilines is 1. The van der Waals surface area contributed by atoms with Crippen LogP contribution in [0.25, 0.3) is 5.00 Å². The number of benzene rings is 1. The molecule has 0 aliphatic heterocycles. The third-order valence-electron chi connectivity index (χ3n) is 3.54. The van der Waals surface area contributed by atoms with Gasteiger partial charge in [0.15, 0.2) is 5.13 Å². The molecule has 6 nitrogen and oxygen atoms in total. The van der Waals surface area contributed by atoms with Crippen molar-refractivity contribution in [2.24, 2.45) is 0 Å². The maximum absolute atomic E-state index is 9.94. The SMILES string of the molecule is CCCCc1nc(NCc2cc(Br)ccc2O)sc1-n1cncn1. The number of hydrogen-bond donors (Lipinski definition) is 2. The van der Waals surface area contributed by atoms with E-state index in [1.165, 1.54) is 6.33 Å². The molecule has 0 fully saturated rings. The first-order valence-electron chi connectivity index (χ1n) is 7.73. The number of halogens is 1. The van der Waals surface area contributed by atoms with Gasteiger partial charge in [-0.1, -0.05) is 40.6 Å². The van der Waals surface area contributed by atoms with E-state index in [-0.39, 0.29) is 5.75 Å². The van der Waals surface area contributed by atoms with E-state index in [4.69, 9.17) is 4.98 Å². The molecule has 1 aromatic carbocycles. The molecule has 0 bridgehead atoms. The minimum Gasteiger partial charge on any atom is -0.508 e. The summed E-state index contributed by atoms with van der Waals surface area (Å²) in [6, 6.07) is 5.39. The summed E-state index contributed by atoms with van der Waals surface area (Å²) in [6.45, 7) is 2.67. The molecule has 0 unspecified atom stereocenters. The maximum Gasteiger partial charge on any atom is 0.185 e. The molecule has 126 valence electrons. The number of aromatic nitrogens is 4. The van der Waals surface area contributed by atoms with Gasteiger partial charge in [0.05, 0.1) is 5.69 Å². The Morgan fingerprint density at radius 3 is 3.00 bits per heavy atom. The Kier molecular flexibility index (Phi) is 5.47. The van der Waals surface area contributed by atoms with Gasteiger partial charge in [-0.25, -0.2) is 14.6 Å². The fraction of sp³-hybridized carbons (Fsp3) is 0.312. The minimum absolute atomic E-state index is 0.268. The quantitative estimate of drug-likeness (QED) is 0.615. The van der Waals surface area contributed by atoms with Crippen molar-refractivity contribution in [1.29, 1.82) is 0 Å². The Morgan fingerprint density at radius 2 is 2.25 bits per heavy atom. The highest BCUT2D eigenvalue weighted by atomic mass is 79.9. The number of aryl methyl sites for hydroxylation is 1. The van der Waals surface area contributed by atoms with Gasteiger partial charge >= 0.3 is 0 Å². The average Bonchev–Trinajstić information content (AvgIpc) is 3.22. The molecule has 0 aliphatic rings. The van der Waals surface area contributed by atoms with Crippen molar-refractivity contribution >= 4 is 32.4 Å². The smallest absolute Gasteiger partial charge is 0.185 e. The molecule has 3 aromatic rings. The standard InChI is InChI=1S/C16H18BrN5OS/c1-2-3-4-13-15(22-10-18-9-20-22)24-16(21-13)19-8-11-7-12(17)5-6-14(11)23/h5-7,9-10,23H,2-4,8H2,1H3,(H,19,21). The summed E-state index contributed by atoms with van der Waals surface area (Å²) in [5, 5.41) is 19.2. The van der Waals surface area contributed by atoms with Crippen LogP contribution in [-0.2, 0) is 13.0 Å². The predicted molar refractivity (Wildman–Crippen MR) is 98.8 cm³/mol.